The van der Waals surface area contributed by atoms with E-state index in [2.05, 4.69) is 0 Å². The van der Waals surface area contributed by atoms with Gasteiger partial charge in [-0.25, -0.2) is 0 Å². The minimum absolute atomic E-state index is 0.0722. The number of nitrogens with zero attached hydrogens (tertiary/aromatic N) is 1. The van der Waals surface area contributed by atoms with Crippen LogP contribution >= 0.6 is 35.2 Å². The summed E-state index contributed by atoms with van der Waals surface area (Å²) in [6, 6.07) is 3.72. The van der Waals surface area contributed by atoms with Gasteiger partial charge in [-0.1, -0.05) is 23.8 Å². The van der Waals surface area contributed by atoms with Gasteiger partial charge >= 0.3 is 0 Å². The quantitative estimate of drug-likeness (QED) is 0.859. The van der Waals surface area contributed by atoms with Gasteiger partial charge in [0.25, 0.3) is 0 Å². The number of rotatable bonds is 4. The van der Waals surface area contributed by atoms with Gasteiger partial charge in [0, 0.05) is 11.9 Å². The van der Waals surface area contributed by atoms with Crippen molar-refractivity contribution in [3.63, 3.8) is 0 Å². The van der Waals surface area contributed by atoms with Crippen LogP contribution in [0.3, 0.4) is 0 Å². The number of thiophene rings is 1. The van der Waals surface area contributed by atoms with Crippen LogP contribution in [-0.2, 0) is 11.3 Å². The van der Waals surface area contributed by atoms with Crippen molar-refractivity contribution in [3.8, 4) is 0 Å². The molecule has 6 heteroatoms. The molecule has 16 heavy (non-hydrogen) atoms. The molecule has 1 rings (SSSR count). The fourth-order valence-corrected chi connectivity index (χ4v) is 2.44. The van der Waals surface area contributed by atoms with E-state index in [0.717, 1.165) is 9.21 Å². The van der Waals surface area contributed by atoms with Crippen molar-refractivity contribution >= 4 is 46.1 Å². The predicted molar refractivity (Wildman–Crippen MR) is 71.8 cm³/mol. The predicted octanol–water partition coefficient (Wildman–Crippen LogP) is 2.28. The summed E-state index contributed by atoms with van der Waals surface area (Å²) >= 11 is 12.1. The standard InChI is InChI=1S/C10H13ClN2OS2/c1-6(9(12)15)10(14)13(2)5-7-3-4-8(11)16-7/h3-4,6H,5H2,1-2H3,(H2,12,15). The smallest absolute Gasteiger partial charge is 0.232 e. The van der Waals surface area contributed by atoms with Gasteiger partial charge in [-0.3, -0.25) is 4.79 Å². The largest absolute Gasteiger partial charge is 0.393 e. The Morgan fingerprint density at radius 3 is 2.75 bits per heavy atom. The second kappa shape index (κ2) is 5.61. The zero-order chi connectivity index (χ0) is 12.3. The molecule has 0 aliphatic rings. The van der Waals surface area contributed by atoms with Crippen molar-refractivity contribution in [2.24, 2.45) is 11.7 Å². The number of hydrogen-bond acceptors (Lipinski definition) is 3. The molecule has 0 aromatic carbocycles. The van der Waals surface area contributed by atoms with E-state index in [1.807, 2.05) is 12.1 Å². The molecular formula is C10H13ClN2OS2. The minimum Gasteiger partial charge on any atom is -0.393 e. The van der Waals surface area contributed by atoms with E-state index in [1.54, 1.807) is 18.9 Å². The van der Waals surface area contributed by atoms with Gasteiger partial charge in [0.05, 0.1) is 21.8 Å². The topological polar surface area (TPSA) is 46.3 Å². The van der Waals surface area contributed by atoms with E-state index in [0.29, 0.717) is 6.54 Å². The van der Waals surface area contributed by atoms with Crippen LogP contribution in [-0.4, -0.2) is 22.8 Å². The van der Waals surface area contributed by atoms with Gasteiger partial charge in [-0.05, 0) is 19.1 Å². The van der Waals surface area contributed by atoms with E-state index in [1.165, 1.54) is 11.3 Å². The molecule has 0 aliphatic carbocycles. The first-order valence-electron chi connectivity index (χ1n) is 4.70. The second-order valence-electron chi connectivity index (χ2n) is 3.52. The Kier molecular flexibility index (Phi) is 4.70. The second-order valence-corrected chi connectivity index (χ2v) is 5.80. The van der Waals surface area contributed by atoms with Crippen molar-refractivity contribution in [3.05, 3.63) is 21.3 Å². The number of amides is 1. The summed E-state index contributed by atoms with van der Waals surface area (Å²) in [5, 5.41) is 0. The van der Waals surface area contributed by atoms with E-state index in [9.17, 15) is 4.79 Å². The highest BCUT2D eigenvalue weighted by Gasteiger charge is 2.20. The molecule has 2 N–H and O–H groups in total. The van der Waals surface area contributed by atoms with E-state index in [4.69, 9.17) is 29.6 Å². The number of halogens is 1. The van der Waals surface area contributed by atoms with Gasteiger partial charge < -0.3 is 10.6 Å². The monoisotopic (exact) mass is 276 g/mol. The highest BCUT2D eigenvalue weighted by molar-refractivity contribution is 7.80. The van der Waals surface area contributed by atoms with E-state index >= 15 is 0 Å². The molecule has 1 aromatic rings. The maximum absolute atomic E-state index is 11.8. The molecule has 0 saturated heterocycles. The molecule has 1 amide bonds. The lowest BCUT2D eigenvalue weighted by Gasteiger charge is -2.19. The fourth-order valence-electron chi connectivity index (χ4n) is 1.20. The van der Waals surface area contributed by atoms with Crippen LogP contribution in [0, 0.1) is 5.92 Å². The summed E-state index contributed by atoms with van der Waals surface area (Å²) in [7, 11) is 1.73. The van der Waals surface area contributed by atoms with Crippen molar-refractivity contribution in [1.82, 2.24) is 4.90 Å². The highest BCUT2D eigenvalue weighted by atomic mass is 35.5. The molecule has 0 fully saturated rings. The lowest BCUT2D eigenvalue weighted by molar-refractivity contribution is -0.132. The molecule has 0 spiro atoms. The van der Waals surface area contributed by atoms with Gasteiger partial charge in [0.2, 0.25) is 5.91 Å². The normalized spacial score (nSPS) is 12.2. The summed E-state index contributed by atoms with van der Waals surface area (Å²) in [5.41, 5.74) is 5.44. The van der Waals surface area contributed by atoms with E-state index in [-0.39, 0.29) is 10.9 Å². The Bertz CT molecular complexity index is 405. The average molecular weight is 277 g/mol. The lowest BCUT2D eigenvalue weighted by Crippen LogP contribution is -2.36. The number of thiocarbonyl (C=S) groups is 1. The minimum atomic E-state index is -0.421. The number of carbonyl (C=O) groups is 1. The SMILES string of the molecule is CC(C(=O)N(C)Cc1ccc(Cl)s1)C(N)=S. The first-order valence-corrected chi connectivity index (χ1v) is 6.30. The molecule has 0 radical (unpaired) electrons. The molecule has 1 heterocycles. The summed E-state index contributed by atoms with van der Waals surface area (Å²) in [5.74, 6) is -0.493. The third kappa shape index (κ3) is 3.43. The third-order valence-corrected chi connectivity index (χ3v) is 3.76. The molecule has 0 saturated carbocycles. The van der Waals surface area contributed by atoms with Crippen LogP contribution in [0.5, 0.6) is 0 Å². The van der Waals surface area contributed by atoms with Gasteiger partial charge in [0.1, 0.15) is 0 Å². The number of hydrogen-bond donors (Lipinski definition) is 1. The number of carbonyl (C=O) groups excluding carboxylic acids is 1. The Balaban J connectivity index is 2.62. The van der Waals surface area contributed by atoms with Crippen LogP contribution in [0.25, 0.3) is 0 Å². The van der Waals surface area contributed by atoms with Crippen LogP contribution in [0.15, 0.2) is 12.1 Å². The van der Waals surface area contributed by atoms with Crippen molar-refractivity contribution < 1.29 is 4.79 Å². The fraction of sp³-hybridized carbons (Fsp3) is 0.400. The zero-order valence-corrected chi connectivity index (χ0v) is 11.5. The third-order valence-electron chi connectivity index (χ3n) is 2.20. The molecule has 1 aromatic heterocycles. The van der Waals surface area contributed by atoms with Crippen molar-refractivity contribution in [2.45, 2.75) is 13.5 Å². The van der Waals surface area contributed by atoms with Crippen LogP contribution < -0.4 is 5.73 Å². The number of nitrogens with two attached hydrogens (primary N) is 1. The molecule has 88 valence electrons. The Labute approximate surface area is 109 Å². The molecule has 1 atom stereocenters. The first kappa shape index (κ1) is 13.4. The summed E-state index contributed by atoms with van der Waals surface area (Å²) in [4.78, 5) is 14.7. The van der Waals surface area contributed by atoms with Crippen LogP contribution in [0.4, 0.5) is 0 Å². The summed E-state index contributed by atoms with van der Waals surface area (Å²) in [6.07, 6.45) is 0. The molecular weight excluding hydrogens is 264 g/mol. The molecule has 1 unspecified atom stereocenters. The highest BCUT2D eigenvalue weighted by Crippen LogP contribution is 2.22. The lowest BCUT2D eigenvalue weighted by atomic mass is 10.1. The molecule has 3 nitrogen and oxygen atoms in total. The van der Waals surface area contributed by atoms with Gasteiger partial charge in [-0.15, -0.1) is 11.3 Å². The van der Waals surface area contributed by atoms with Crippen LogP contribution in [0.2, 0.25) is 4.34 Å². The Morgan fingerprint density at radius 1 is 1.69 bits per heavy atom. The summed E-state index contributed by atoms with van der Waals surface area (Å²) < 4.78 is 0.721. The van der Waals surface area contributed by atoms with Gasteiger partial charge in [-0.2, -0.15) is 0 Å². The molecule has 0 bridgehead atoms. The summed E-state index contributed by atoms with van der Waals surface area (Å²) in [6.45, 7) is 2.24. The Morgan fingerprint density at radius 2 is 2.31 bits per heavy atom. The van der Waals surface area contributed by atoms with E-state index < -0.39 is 5.92 Å². The maximum atomic E-state index is 11.8. The zero-order valence-electron chi connectivity index (χ0n) is 9.07. The Hall–Kier alpha value is -0.650. The van der Waals surface area contributed by atoms with Crippen LogP contribution in [0.1, 0.15) is 11.8 Å². The molecule has 0 aliphatic heterocycles. The maximum Gasteiger partial charge on any atom is 0.232 e. The average Bonchev–Trinajstić information content (AvgIpc) is 2.61. The first-order chi connectivity index (χ1) is 7.41. The van der Waals surface area contributed by atoms with Crippen molar-refractivity contribution in [1.29, 1.82) is 0 Å². The van der Waals surface area contributed by atoms with Crippen molar-refractivity contribution in [2.75, 3.05) is 7.05 Å². The van der Waals surface area contributed by atoms with Gasteiger partial charge in [0.15, 0.2) is 0 Å².